The molecule has 0 aliphatic rings. The molecule has 0 N–H and O–H groups in total. The molecule has 1 amide bonds. The predicted octanol–water partition coefficient (Wildman–Crippen LogP) is 4.34. The zero-order valence-electron chi connectivity index (χ0n) is 16.8. The quantitative estimate of drug-likeness (QED) is 0.559. The van der Waals surface area contributed by atoms with E-state index in [1.165, 1.54) is 0 Å². The van der Waals surface area contributed by atoms with Crippen molar-refractivity contribution >= 4 is 11.9 Å². The number of likely N-dealkylation sites (N-methyl/N-ethyl adjacent to an activating group) is 1. The molecule has 0 bridgehead atoms. The summed E-state index contributed by atoms with van der Waals surface area (Å²) >= 11 is 0. The number of carbonyl (C=O) groups excluding carboxylic acids is 2. The van der Waals surface area contributed by atoms with Crippen molar-refractivity contribution in [2.24, 2.45) is 0 Å². The maximum Gasteiger partial charge on any atom is 0.339 e. The van der Waals surface area contributed by atoms with E-state index < -0.39 is 5.97 Å². The van der Waals surface area contributed by atoms with Crippen molar-refractivity contribution in [1.82, 2.24) is 9.88 Å². The Morgan fingerprint density at radius 1 is 1.03 bits per heavy atom. The van der Waals surface area contributed by atoms with Crippen LogP contribution in [-0.2, 0) is 9.53 Å². The summed E-state index contributed by atoms with van der Waals surface area (Å²) in [7, 11) is 0. The summed E-state index contributed by atoms with van der Waals surface area (Å²) in [5, 5.41) is 0. The normalized spacial score (nSPS) is 10.6. The van der Waals surface area contributed by atoms with Gasteiger partial charge in [-0.25, -0.2) is 9.78 Å². The maximum absolute atomic E-state index is 12.6. The topological polar surface area (TPSA) is 72.6 Å². The van der Waals surface area contributed by atoms with Gasteiger partial charge in [0, 0.05) is 18.7 Å². The van der Waals surface area contributed by atoms with E-state index in [1.807, 2.05) is 45.0 Å². The number of hydrogen-bond donors (Lipinski definition) is 0. The third-order valence-corrected chi connectivity index (χ3v) is 4.66. The largest absolute Gasteiger partial charge is 0.452 e. The fourth-order valence-corrected chi connectivity index (χ4v) is 2.97. The van der Waals surface area contributed by atoms with Gasteiger partial charge in [-0.05, 0) is 32.9 Å². The van der Waals surface area contributed by atoms with Crippen LogP contribution in [0.2, 0.25) is 0 Å². The lowest BCUT2D eigenvalue weighted by atomic mass is 10.1. The zero-order chi connectivity index (χ0) is 20.8. The van der Waals surface area contributed by atoms with Crippen molar-refractivity contribution in [3.8, 4) is 22.8 Å². The number of oxazole rings is 1. The average Bonchev–Trinajstić information content (AvgIpc) is 3.23. The van der Waals surface area contributed by atoms with Gasteiger partial charge in [-0.2, -0.15) is 0 Å². The van der Waals surface area contributed by atoms with Crippen molar-refractivity contribution in [2.45, 2.75) is 20.8 Å². The summed E-state index contributed by atoms with van der Waals surface area (Å²) in [5.74, 6) is 0.123. The summed E-state index contributed by atoms with van der Waals surface area (Å²) in [4.78, 5) is 30.6. The first-order valence-corrected chi connectivity index (χ1v) is 9.60. The second kappa shape index (κ2) is 9.19. The van der Waals surface area contributed by atoms with Crippen molar-refractivity contribution in [3.63, 3.8) is 0 Å². The van der Waals surface area contributed by atoms with E-state index in [0.29, 0.717) is 35.9 Å². The highest BCUT2D eigenvalue weighted by Crippen LogP contribution is 2.28. The second-order valence-electron chi connectivity index (χ2n) is 6.58. The van der Waals surface area contributed by atoms with Crippen LogP contribution in [0.1, 0.15) is 29.8 Å². The number of rotatable bonds is 7. The van der Waals surface area contributed by atoms with Crippen molar-refractivity contribution in [3.05, 3.63) is 65.9 Å². The molecular weight excluding hydrogens is 368 g/mol. The van der Waals surface area contributed by atoms with Crippen LogP contribution in [0.15, 0.2) is 59.1 Å². The number of aromatic nitrogens is 1. The lowest BCUT2D eigenvalue weighted by Crippen LogP contribution is -2.34. The van der Waals surface area contributed by atoms with Crippen LogP contribution in [0.5, 0.6) is 0 Å². The second-order valence-corrected chi connectivity index (χ2v) is 6.58. The molecule has 0 saturated heterocycles. The van der Waals surface area contributed by atoms with Gasteiger partial charge >= 0.3 is 5.97 Å². The smallest absolute Gasteiger partial charge is 0.339 e. The monoisotopic (exact) mass is 392 g/mol. The molecule has 2 aromatic carbocycles. The standard InChI is InChI=1S/C23H24N2O4/c1-4-25(5-2)21(26)15-28-23(27)19-9-7-6-8-18(19)22-24-14-20(29-22)17-12-10-16(3)11-13-17/h6-14H,4-5,15H2,1-3H3. The first-order chi connectivity index (χ1) is 14.0. The minimum absolute atomic E-state index is 0.224. The number of carbonyl (C=O) groups is 2. The molecule has 0 saturated carbocycles. The Hall–Kier alpha value is -3.41. The van der Waals surface area contributed by atoms with E-state index in [1.54, 1.807) is 35.4 Å². The van der Waals surface area contributed by atoms with Crippen molar-refractivity contribution in [1.29, 1.82) is 0 Å². The Balaban J connectivity index is 1.79. The molecule has 1 heterocycles. The summed E-state index contributed by atoms with van der Waals surface area (Å²) in [5.41, 5.74) is 2.88. The highest BCUT2D eigenvalue weighted by atomic mass is 16.5. The number of hydrogen-bond acceptors (Lipinski definition) is 5. The molecule has 6 heteroatoms. The summed E-state index contributed by atoms with van der Waals surface area (Å²) in [6, 6.07) is 14.8. The first-order valence-electron chi connectivity index (χ1n) is 9.60. The summed E-state index contributed by atoms with van der Waals surface area (Å²) in [6.45, 7) is 6.63. The van der Waals surface area contributed by atoms with Gasteiger partial charge in [-0.15, -0.1) is 0 Å². The van der Waals surface area contributed by atoms with E-state index in [4.69, 9.17) is 9.15 Å². The fraction of sp³-hybridized carbons (Fsp3) is 0.261. The highest BCUT2D eigenvalue weighted by Gasteiger charge is 2.20. The van der Waals surface area contributed by atoms with E-state index in [-0.39, 0.29) is 12.5 Å². The Bertz CT molecular complexity index is 988. The Morgan fingerprint density at radius 3 is 2.41 bits per heavy atom. The number of amides is 1. The SMILES string of the molecule is CCN(CC)C(=O)COC(=O)c1ccccc1-c1ncc(-c2ccc(C)cc2)o1. The lowest BCUT2D eigenvalue weighted by molar-refractivity contribution is -0.134. The molecule has 1 aromatic heterocycles. The van der Waals surface area contributed by atoms with Gasteiger partial charge in [0.15, 0.2) is 12.4 Å². The number of esters is 1. The van der Waals surface area contributed by atoms with E-state index in [2.05, 4.69) is 4.98 Å². The van der Waals surface area contributed by atoms with E-state index >= 15 is 0 Å². The minimum atomic E-state index is -0.587. The molecule has 0 radical (unpaired) electrons. The Labute approximate surface area is 170 Å². The van der Waals surface area contributed by atoms with Gasteiger partial charge in [0.1, 0.15) is 0 Å². The van der Waals surface area contributed by atoms with Gasteiger partial charge < -0.3 is 14.1 Å². The predicted molar refractivity (Wildman–Crippen MR) is 110 cm³/mol. The molecule has 0 unspecified atom stereocenters. The van der Waals surface area contributed by atoms with Crippen molar-refractivity contribution < 1.29 is 18.7 Å². The molecular formula is C23H24N2O4. The minimum Gasteiger partial charge on any atom is -0.452 e. The number of aryl methyl sites for hydroxylation is 1. The van der Waals surface area contributed by atoms with Gasteiger partial charge in [0.05, 0.1) is 17.3 Å². The highest BCUT2D eigenvalue weighted by molar-refractivity contribution is 5.97. The van der Waals surface area contributed by atoms with Gasteiger partial charge in [-0.1, -0.05) is 42.0 Å². The maximum atomic E-state index is 12.6. The van der Waals surface area contributed by atoms with Crippen LogP contribution < -0.4 is 0 Å². The molecule has 0 aliphatic carbocycles. The first kappa shape index (κ1) is 20.3. The third-order valence-electron chi connectivity index (χ3n) is 4.66. The molecule has 0 fully saturated rings. The molecule has 0 spiro atoms. The Kier molecular flexibility index (Phi) is 6.44. The summed E-state index contributed by atoms with van der Waals surface area (Å²) in [6.07, 6.45) is 1.63. The van der Waals surface area contributed by atoms with Crippen molar-refractivity contribution in [2.75, 3.05) is 19.7 Å². The lowest BCUT2D eigenvalue weighted by Gasteiger charge is -2.18. The van der Waals surface area contributed by atoms with Gasteiger partial charge in [0.25, 0.3) is 5.91 Å². The molecule has 150 valence electrons. The van der Waals surface area contributed by atoms with Crippen LogP contribution in [0.4, 0.5) is 0 Å². The van der Waals surface area contributed by atoms with Crippen LogP contribution in [0, 0.1) is 6.92 Å². The zero-order valence-corrected chi connectivity index (χ0v) is 16.8. The van der Waals surface area contributed by atoms with Gasteiger partial charge in [0.2, 0.25) is 5.89 Å². The van der Waals surface area contributed by atoms with Crippen LogP contribution >= 0.6 is 0 Å². The number of benzene rings is 2. The molecule has 29 heavy (non-hydrogen) atoms. The summed E-state index contributed by atoms with van der Waals surface area (Å²) < 4.78 is 11.1. The number of ether oxygens (including phenoxy) is 1. The van der Waals surface area contributed by atoms with E-state index in [0.717, 1.165) is 11.1 Å². The van der Waals surface area contributed by atoms with Crippen LogP contribution in [-0.4, -0.2) is 41.5 Å². The van der Waals surface area contributed by atoms with Crippen LogP contribution in [0.3, 0.4) is 0 Å². The van der Waals surface area contributed by atoms with E-state index in [9.17, 15) is 9.59 Å². The molecule has 3 aromatic rings. The third kappa shape index (κ3) is 4.71. The molecule has 0 atom stereocenters. The van der Waals surface area contributed by atoms with Gasteiger partial charge in [-0.3, -0.25) is 4.79 Å². The van der Waals surface area contributed by atoms with Crippen LogP contribution in [0.25, 0.3) is 22.8 Å². The molecule has 6 nitrogen and oxygen atoms in total. The Morgan fingerprint density at radius 2 is 1.72 bits per heavy atom. The fourth-order valence-electron chi connectivity index (χ4n) is 2.97. The number of nitrogens with zero attached hydrogens (tertiary/aromatic N) is 2. The molecule has 3 rings (SSSR count). The average molecular weight is 392 g/mol. The molecule has 0 aliphatic heterocycles.